The molecule has 210 valence electrons. The van der Waals surface area contributed by atoms with Crippen LogP contribution in [0.5, 0.6) is 0 Å². The normalized spacial score (nSPS) is 12.0. The van der Waals surface area contributed by atoms with Crippen molar-refractivity contribution in [1.29, 1.82) is 0 Å². The number of hydrogen-bond acceptors (Lipinski definition) is 8. The van der Waals surface area contributed by atoms with E-state index in [4.69, 9.17) is 19.9 Å². The Morgan fingerprint density at radius 1 is 0.444 bits per heavy atom. The average Bonchev–Trinajstić information content (AvgIpc) is 3.78. The fourth-order valence-electron chi connectivity index (χ4n) is 6.58. The Labute approximate surface area is 263 Å². The van der Waals surface area contributed by atoms with Gasteiger partial charge in [0.25, 0.3) is 0 Å². The summed E-state index contributed by atoms with van der Waals surface area (Å²) in [6, 6.07) is 18.8. The number of fused-ring (bicyclic) bond motifs is 9. The number of aromatic nitrogens is 7. The molecule has 0 atom stereocenters. The van der Waals surface area contributed by atoms with Crippen LogP contribution in [0.15, 0.2) is 117 Å². The minimum Gasteiger partial charge on any atom is -0.308 e. The zero-order valence-corrected chi connectivity index (χ0v) is 25.0. The highest BCUT2D eigenvalue weighted by Gasteiger charge is 2.24. The number of rotatable bonds is 3. The number of nitrogens with zero attached hydrogens (tertiary/aromatic N) is 7. The van der Waals surface area contributed by atoms with Crippen molar-refractivity contribution in [3.8, 4) is 28.2 Å². The predicted octanol–water partition coefficient (Wildman–Crippen LogP) is 9.22. The van der Waals surface area contributed by atoms with Gasteiger partial charge in [0.15, 0.2) is 0 Å². The van der Waals surface area contributed by atoms with E-state index in [1.54, 1.807) is 22.7 Å². The molecule has 45 heavy (non-hydrogen) atoms. The number of pyridine rings is 6. The van der Waals surface area contributed by atoms with Crippen molar-refractivity contribution < 1.29 is 0 Å². The van der Waals surface area contributed by atoms with Crippen molar-refractivity contribution in [2.45, 2.75) is 0 Å². The average molecular weight is 614 g/mol. The molecule has 0 saturated heterocycles. The van der Waals surface area contributed by atoms with Gasteiger partial charge in [-0.05, 0) is 36.4 Å². The van der Waals surface area contributed by atoms with E-state index in [0.717, 1.165) is 68.8 Å². The molecule has 0 aliphatic carbocycles. The summed E-state index contributed by atoms with van der Waals surface area (Å²) in [4.78, 5) is 28.3. The van der Waals surface area contributed by atoms with Crippen molar-refractivity contribution in [1.82, 2.24) is 34.5 Å². The summed E-state index contributed by atoms with van der Waals surface area (Å²) in [5, 5.41) is 6.71. The molecule has 9 heterocycles. The van der Waals surface area contributed by atoms with Crippen LogP contribution in [0.1, 0.15) is 0 Å². The Hall–Kier alpha value is -5.64. The van der Waals surface area contributed by atoms with E-state index in [1.165, 1.54) is 21.5 Å². The zero-order chi connectivity index (χ0) is 29.5. The Morgan fingerprint density at radius 3 is 1.49 bits per heavy atom. The van der Waals surface area contributed by atoms with Gasteiger partial charge in [-0.25, -0.2) is 0 Å². The van der Waals surface area contributed by atoms with Crippen LogP contribution in [0, 0.1) is 0 Å². The van der Waals surface area contributed by atoms with Crippen LogP contribution in [-0.2, 0) is 0 Å². The summed E-state index contributed by atoms with van der Waals surface area (Å²) < 4.78 is 6.83. The first-order valence-corrected chi connectivity index (χ1v) is 16.0. The number of thiophene rings is 2. The first-order chi connectivity index (χ1) is 22.3. The Kier molecular flexibility index (Phi) is 5.19. The molecule has 10 aromatic rings. The molecule has 9 aromatic heterocycles. The molecule has 0 fully saturated rings. The van der Waals surface area contributed by atoms with Gasteiger partial charge in [-0.3, -0.25) is 29.9 Å². The molecule has 1 aromatic carbocycles. The van der Waals surface area contributed by atoms with Gasteiger partial charge < -0.3 is 4.57 Å². The summed E-state index contributed by atoms with van der Waals surface area (Å²) in [6.07, 6.45) is 19.1. The minimum atomic E-state index is 0.901. The van der Waals surface area contributed by atoms with Crippen LogP contribution in [0.4, 0.5) is 0 Å². The number of para-hydroxylation sites is 1. The van der Waals surface area contributed by atoms with E-state index in [0.29, 0.717) is 0 Å². The van der Waals surface area contributed by atoms with Crippen LogP contribution in [0.25, 0.3) is 90.4 Å². The van der Waals surface area contributed by atoms with Gasteiger partial charge in [-0.15, -0.1) is 22.7 Å². The van der Waals surface area contributed by atoms with Gasteiger partial charge in [0.1, 0.15) is 0 Å². The first kappa shape index (κ1) is 24.8. The number of benzene rings is 1. The van der Waals surface area contributed by atoms with E-state index in [1.807, 2.05) is 68.0 Å². The van der Waals surface area contributed by atoms with Crippen LogP contribution >= 0.6 is 22.7 Å². The van der Waals surface area contributed by atoms with E-state index in [2.05, 4.69) is 63.1 Å². The van der Waals surface area contributed by atoms with Crippen molar-refractivity contribution in [2.24, 2.45) is 0 Å². The largest absolute Gasteiger partial charge is 0.308 e. The maximum atomic E-state index is 4.98. The summed E-state index contributed by atoms with van der Waals surface area (Å²) >= 11 is 3.43. The molecule has 0 aliphatic rings. The molecule has 10 rings (SSSR count). The fourth-order valence-corrected chi connectivity index (χ4v) is 8.91. The van der Waals surface area contributed by atoms with Gasteiger partial charge in [-0.1, -0.05) is 18.2 Å². The zero-order valence-electron chi connectivity index (χ0n) is 23.4. The van der Waals surface area contributed by atoms with E-state index >= 15 is 0 Å². The lowest BCUT2D eigenvalue weighted by atomic mass is 10.1. The van der Waals surface area contributed by atoms with E-state index in [-0.39, 0.29) is 0 Å². The quantitative estimate of drug-likeness (QED) is 0.198. The summed E-state index contributed by atoms with van der Waals surface area (Å²) in [5.74, 6) is 0. The molecule has 0 aliphatic heterocycles. The molecule has 7 nitrogen and oxygen atoms in total. The second-order valence-electron chi connectivity index (χ2n) is 10.9. The second-order valence-corrected chi connectivity index (χ2v) is 13.0. The summed E-state index contributed by atoms with van der Waals surface area (Å²) in [7, 11) is 0. The van der Waals surface area contributed by atoms with Crippen LogP contribution in [0.3, 0.4) is 0 Å². The van der Waals surface area contributed by atoms with Crippen molar-refractivity contribution >= 4 is 84.8 Å². The maximum Gasteiger partial charge on any atom is 0.0917 e. The third-order valence-electron chi connectivity index (χ3n) is 8.48. The predicted molar refractivity (Wildman–Crippen MR) is 184 cm³/mol. The van der Waals surface area contributed by atoms with E-state index < -0.39 is 0 Å². The van der Waals surface area contributed by atoms with Crippen molar-refractivity contribution in [3.05, 3.63) is 117 Å². The monoisotopic (exact) mass is 613 g/mol. The van der Waals surface area contributed by atoms with Gasteiger partial charge in [0, 0.05) is 111 Å². The Bertz CT molecular complexity index is 2610. The minimum absolute atomic E-state index is 0.901. The highest BCUT2D eigenvalue weighted by atomic mass is 32.1. The van der Waals surface area contributed by atoms with Crippen LogP contribution in [0.2, 0.25) is 0 Å². The lowest BCUT2D eigenvalue weighted by Gasteiger charge is -2.13. The molecule has 0 spiro atoms. The summed E-state index contributed by atoms with van der Waals surface area (Å²) in [5.41, 5.74) is 6.83. The molecule has 9 heteroatoms. The molecule has 0 amide bonds. The third-order valence-corrected chi connectivity index (χ3v) is 10.8. The standard InChI is InChI=1S/C36H19N7S2/c1-2-4-20(5-3-1)43-33-25(14-39-16-27(33)31-35-23(8-12-41-31)21-6-10-37-18-29(21)44-35)26-15-40-17-28(34(26)43)32-36-24(9-13-42-32)22-7-11-38-19-30(22)45-36/h1-19H. The third kappa shape index (κ3) is 3.50. The van der Waals surface area contributed by atoms with Crippen molar-refractivity contribution in [3.63, 3.8) is 0 Å². The molecular weight excluding hydrogens is 595 g/mol. The lowest BCUT2D eigenvalue weighted by Crippen LogP contribution is -1.98. The number of hydrogen-bond donors (Lipinski definition) is 0. The molecule has 0 radical (unpaired) electrons. The lowest BCUT2D eigenvalue weighted by molar-refractivity contribution is 1.17. The van der Waals surface area contributed by atoms with Gasteiger partial charge >= 0.3 is 0 Å². The molecule has 0 unspecified atom stereocenters. The fraction of sp³-hybridized carbons (Fsp3) is 0. The molecular formula is C36H19N7S2. The maximum absolute atomic E-state index is 4.98. The van der Waals surface area contributed by atoms with E-state index in [9.17, 15) is 0 Å². The Balaban J connectivity index is 1.37. The van der Waals surface area contributed by atoms with Crippen LogP contribution < -0.4 is 0 Å². The second kappa shape index (κ2) is 9.43. The summed E-state index contributed by atoms with van der Waals surface area (Å²) in [6.45, 7) is 0. The smallest absolute Gasteiger partial charge is 0.0917 e. The SMILES string of the molecule is c1ccc(-n2c3c(-c4nccc5c4sc4cnccc45)cncc3c3cncc(-c4nccc5c4sc4cnccc45)c32)cc1. The highest BCUT2D eigenvalue weighted by Crippen LogP contribution is 2.46. The Morgan fingerprint density at radius 2 is 0.956 bits per heavy atom. The van der Waals surface area contributed by atoms with Crippen LogP contribution in [-0.4, -0.2) is 34.5 Å². The van der Waals surface area contributed by atoms with Crippen molar-refractivity contribution in [2.75, 3.05) is 0 Å². The molecule has 0 N–H and O–H groups in total. The van der Waals surface area contributed by atoms with Gasteiger partial charge in [-0.2, -0.15) is 0 Å². The topological polar surface area (TPSA) is 82.3 Å². The van der Waals surface area contributed by atoms with Gasteiger partial charge in [0.05, 0.1) is 41.2 Å². The van der Waals surface area contributed by atoms with Gasteiger partial charge in [0.2, 0.25) is 0 Å². The molecule has 0 saturated carbocycles. The molecule has 0 bridgehead atoms. The first-order valence-electron chi connectivity index (χ1n) is 14.4. The highest BCUT2D eigenvalue weighted by molar-refractivity contribution is 7.26.